The first-order valence-electron chi connectivity index (χ1n) is 22.4. The van der Waals surface area contributed by atoms with Gasteiger partial charge in [-0.1, -0.05) is 55.6 Å². The third-order valence-electron chi connectivity index (χ3n) is 11.0. The Bertz CT molecular complexity index is 3170. The van der Waals surface area contributed by atoms with E-state index in [4.69, 9.17) is 42.6 Å². The number of thioether (sulfide) groups is 1. The highest BCUT2D eigenvalue weighted by Gasteiger charge is 2.52. The van der Waals surface area contributed by atoms with Crippen LogP contribution in [-0.2, 0) is 88.6 Å². The number of nitrogens with zero attached hydrogens (tertiary/aromatic N) is 16. The number of hydrogen-bond acceptors (Lipinski definition) is 23. The molecule has 0 saturated heterocycles. The van der Waals surface area contributed by atoms with Crippen molar-refractivity contribution in [3.63, 3.8) is 0 Å². The monoisotopic (exact) mass is 1200 g/mol. The maximum Gasteiger partial charge on any atom is 0.222 e. The lowest BCUT2D eigenvalue weighted by molar-refractivity contribution is -0.0233. The Kier molecular flexibility index (Phi) is 18.2. The van der Waals surface area contributed by atoms with Crippen LogP contribution < -0.4 is 0 Å². The SMILES string of the molecule is Cc1nc(CS(=O)(=O)C2=NOC(C)(C)C2F)n(C)n1.Cc1nc(CSC2=NOC(C)(C)C2F)n(C)n1.Cc1nc([C@H](Cl)S(=O)(=O)C2=NOC(C)(C)[C@@H]2F)n(C)n1.Cc1nc([C@H](Cl)S(=O)(=O)C2=NOC(C)(C)[C@H]2F)n(C)n1. The van der Waals surface area contributed by atoms with Crippen molar-refractivity contribution in [3.05, 3.63) is 46.6 Å². The summed E-state index contributed by atoms with van der Waals surface area (Å²) in [6, 6.07) is 0. The van der Waals surface area contributed by atoms with E-state index in [2.05, 4.69) is 61.0 Å². The molecule has 0 amide bonds. The van der Waals surface area contributed by atoms with E-state index in [-0.39, 0.29) is 17.5 Å². The molecule has 0 saturated carbocycles. The van der Waals surface area contributed by atoms with Crippen molar-refractivity contribution in [2.75, 3.05) is 0 Å². The van der Waals surface area contributed by atoms with Gasteiger partial charge in [0.1, 0.15) is 40.7 Å². The Morgan fingerprint density at radius 1 is 0.500 bits per heavy atom. The molecule has 4 aromatic rings. The molecule has 4 aliphatic rings. The quantitative estimate of drug-likeness (QED) is 0.169. The van der Waals surface area contributed by atoms with Crippen LogP contribution in [0.15, 0.2) is 20.6 Å². The number of hydrogen-bond donors (Lipinski definition) is 0. The van der Waals surface area contributed by atoms with Gasteiger partial charge in [0.15, 0.2) is 73.2 Å². The zero-order chi connectivity index (χ0) is 57.6. The zero-order valence-corrected chi connectivity index (χ0v) is 48.8. The molecule has 6 atom stereocenters. The van der Waals surface area contributed by atoms with Crippen molar-refractivity contribution in [1.29, 1.82) is 0 Å². The van der Waals surface area contributed by atoms with Crippen molar-refractivity contribution in [2.45, 2.75) is 151 Å². The largest absolute Gasteiger partial charge is 0.385 e. The lowest BCUT2D eigenvalue weighted by Crippen LogP contribution is -2.38. The van der Waals surface area contributed by atoms with Crippen LogP contribution in [0.2, 0.25) is 0 Å². The van der Waals surface area contributed by atoms with Gasteiger partial charge < -0.3 is 19.4 Å². The minimum atomic E-state index is -4.23. The van der Waals surface area contributed by atoms with Crippen LogP contribution in [0.5, 0.6) is 0 Å². The Morgan fingerprint density at radius 3 is 1.11 bits per heavy atom. The zero-order valence-electron chi connectivity index (χ0n) is 44.0. The minimum Gasteiger partial charge on any atom is -0.385 e. The van der Waals surface area contributed by atoms with Gasteiger partial charge in [-0.2, -0.15) is 20.4 Å². The van der Waals surface area contributed by atoms with Crippen LogP contribution in [0.25, 0.3) is 0 Å². The average Bonchev–Trinajstić information content (AvgIpc) is 4.18. The first kappa shape index (κ1) is 61.8. The number of halogens is 6. The highest BCUT2D eigenvalue weighted by atomic mass is 35.5. The highest BCUT2D eigenvalue weighted by molar-refractivity contribution is 8.13. The molecule has 26 nitrogen and oxygen atoms in total. The molecule has 0 aliphatic carbocycles. The van der Waals surface area contributed by atoms with Crippen LogP contribution in [0.1, 0.15) is 111 Å². The summed E-state index contributed by atoms with van der Waals surface area (Å²) in [6.45, 7) is 18.5. The molecule has 0 fully saturated rings. The Labute approximate surface area is 450 Å². The number of aryl methyl sites for hydroxylation is 8. The summed E-state index contributed by atoms with van der Waals surface area (Å²) in [7, 11) is -5.97. The second-order valence-corrected chi connectivity index (χ2v) is 27.7. The molecule has 4 aliphatic heterocycles. The van der Waals surface area contributed by atoms with Gasteiger partial charge in [0, 0.05) is 28.2 Å². The minimum absolute atomic E-state index is 0.00349. The number of oxime groups is 4. The smallest absolute Gasteiger partial charge is 0.222 e. The van der Waals surface area contributed by atoms with Gasteiger partial charge in [-0.3, -0.25) is 18.7 Å². The normalized spacial score (nSPS) is 22.8. The molecular formula is C40H58Cl2F4N16O10S4. The molecule has 0 N–H and O–H groups in total. The molecule has 0 aromatic carbocycles. The van der Waals surface area contributed by atoms with E-state index in [1.165, 1.54) is 81.4 Å². The van der Waals surface area contributed by atoms with Gasteiger partial charge in [-0.25, -0.2) is 62.8 Å². The Morgan fingerprint density at radius 2 is 0.816 bits per heavy atom. The lowest BCUT2D eigenvalue weighted by atomic mass is 10.1. The van der Waals surface area contributed by atoms with Crippen molar-refractivity contribution >= 4 is 84.7 Å². The van der Waals surface area contributed by atoms with Gasteiger partial charge in [0.2, 0.25) is 44.6 Å². The Balaban J connectivity index is 0.000000187. The maximum atomic E-state index is 14.1. The summed E-state index contributed by atoms with van der Waals surface area (Å²) < 4.78 is 132. The van der Waals surface area contributed by atoms with E-state index in [0.717, 1.165) is 5.82 Å². The standard InChI is InChI=1S/2C10H14ClFN4O3S.C10H15FN4O3S.C10H15FN4OS/c2*1-5-13-8(16(4)14-5)7(11)20(17,18)9-6(12)10(2,3)19-15-9;1-6-12-7(15(4)13-6)5-19(16,17)9-8(11)10(2,3)18-14-9;1-6-12-7(15(4)13-6)5-17-9-8(11)10(2,3)16-14-9/h2*6-7H,1-4H3;8H,5H2,1-4H3;8H,5H2,1-4H3/t6-,7+;6-,7-;;/m01../s1. The summed E-state index contributed by atoms with van der Waals surface area (Å²) >= 11 is 13.2. The Hall–Kier alpha value is -5.06. The third kappa shape index (κ3) is 13.3. The molecule has 4 aromatic heterocycles. The molecule has 8 heterocycles. The molecule has 424 valence electrons. The molecule has 0 bridgehead atoms. The summed E-state index contributed by atoms with van der Waals surface area (Å²) in [5.74, 6) is 3.02. The van der Waals surface area contributed by atoms with E-state index >= 15 is 0 Å². The fraction of sp³-hybridized carbons (Fsp3) is 0.700. The van der Waals surface area contributed by atoms with E-state index in [1.807, 2.05) is 14.0 Å². The maximum absolute atomic E-state index is 14.1. The molecule has 2 unspecified atom stereocenters. The van der Waals surface area contributed by atoms with Crippen LogP contribution in [0.3, 0.4) is 0 Å². The fourth-order valence-corrected chi connectivity index (χ4v) is 12.9. The highest BCUT2D eigenvalue weighted by Crippen LogP contribution is 2.37. The molecule has 76 heavy (non-hydrogen) atoms. The third-order valence-corrected chi connectivity index (χ3v) is 18.6. The summed E-state index contributed by atoms with van der Waals surface area (Å²) in [5, 5.41) is 28.1. The number of sulfone groups is 3. The lowest BCUT2D eigenvalue weighted by Gasteiger charge is -2.18. The van der Waals surface area contributed by atoms with Crippen LogP contribution in [0, 0.1) is 27.7 Å². The molecular weight excluding hydrogens is 1140 g/mol. The second kappa shape index (κ2) is 22.4. The van der Waals surface area contributed by atoms with E-state index in [9.17, 15) is 42.8 Å². The average molecular weight is 1200 g/mol. The molecule has 36 heteroatoms. The number of rotatable bonds is 8. The van der Waals surface area contributed by atoms with Crippen molar-refractivity contribution in [1.82, 2.24) is 59.1 Å². The van der Waals surface area contributed by atoms with Crippen molar-refractivity contribution in [2.24, 2.45) is 48.8 Å². The summed E-state index contributed by atoms with van der Waals surface area (Å²) in [6.07, 6.45) is -6.74. The first-order chi connectivity index (χ1) is 34.7. The van der Waals surface area contributed by atoms with E-state index < -0.39 is 107 Å². The number of alkyl halides is 6. The van der Waals surface area contributed by atoms with E-state index in [0.29, 0.717) is 34.1 Å². The first-order valence-corrected chi connectivity index (χ1v) is 29.0. The van der Waals surface area contributed by atoms with Crippen LogP contribution in [-0.4, -0.2) is 152 Å². The topological polar surface area (TPSA) is 312 Å². The predicted octanol–water partition coefficient (Wildman–Crippen LogP) is 4.79. The number of aromatic nitrogens is 12. The second-order valence-electron chi connectivity index (χ2n) is 19.4. The fourth-order valence-electron chi connectivity index (χ4n) is 6.61. The molecule has 8 rings (SSSR count). The van der Waals surface area contributed by atoms with Crippen LogP contribution in [0.4, 0.5) is 17.6 Å². The van der Waals surface area contributed by atoms with Crippen molar-refractivity contribution in [3.8, 4) is 0 Å². The van der Waals surface area contributed by atoms with Gasteiger partial charge in [0.25, 0.3) is 0 Å². The van der Waals surface area contributed by atoms with Crippen LogP contribution >= 0.6 is 35.0 Å². The van der Waals surface area contributed by atoms with Crippen molar-refractivity contribution < 1.29 is 62.2 Å². The molecule has 0 spiro atoms. The predicted molar refractivity (Wildman–Crippen MR) is 272 cm³/mol. The summed E-state index contributed by atoms with van der Waals surface area (Å²) in [5.41, 5.74) is -4.81. The van der Waals surface area contributed by atoms with Gasteiger partial charge in [-0.15, -0.1) is 0 Å². The van der Waals surface area contributed by atoms with Gasteiger partial charge >= 0.3 is 0 Å². The summed E-state index contributed by atoms with van der Waals surface area (Å²) in [4.78, 5) is 35.6. The molecule has 0 radical (unpaired) electrons. The van der Waals surface area contributed by atoms with Gasteiger partial charge in [0.05, 0.1) is 5.75 Å². The van der Waals surface area contributed by atoms with Gasteiger partial charge in [-0.05, 0) is 83.1 Å². The van der Waals surface area contributed by atoms with E-state index in [1.54, 1.807) is 46.3 Å².